The molecule has 1 aromatic carbocycles. The Bertz CT molecular complexity index is 491. The molecule has 0 atom stereocenters. The van der Waals surface area contributed by atoms with Crippen molar-refractivity contribution in [2.24, 2.45) is 0 Å². The molecule has 5 heteroatoms. The number of halogens is 1. The Balaban J connectivity index is 2.45. The first-order valence-electron chi connectivity index (χ1n) is 4.76. The predicted octanol–water partition coefficient (Wildman–Crippen LogP) is 1.51. The van der Waals surface area contributed by atoms with Crippen molar-refractivity contribution in [1.29, 1.82) is 0 Å². The van der Waals surface area contributed by atoms with Crippen molar-refractivity contribution in [2.45, 2.75) is 13.2 Å². The van der Waals surface area contributed by atoms with Crippen LogP contribution >= 0.6 is 0 Å². The number of nitrogens with one attached hydrogen (secondary N) is 1. The highest BCUT2D eigenvalue weighted by molar-refractivity contribution is 5.63. The van der Waals surface area contributed by atoms with Gasteiger partial charge in [-0.25, -0.2) is 4.39 Å². The van der Waals surface area contributed by atoms with Crippen molar-refractivity contribution >= 4 is 0 Å². The second-order valence-corrected chi connectivity index (χ2v) is 3.49. The fraction of sp³-hybridized carbons (Fsp3) is 0.182. The van der Waals surface area contributed by atoms with E-state index in [9.17, 15) is 4.39 Å². The number of rotatable bonds is 2. The van der Waals surface area contributed by atoms with E-state index in [1.807, 2.05) is 0 Å². The number of nitrogens with zero attached hydrogens (tertiary/aromatic N) is 1. The van der Waals surface area contributed by atoms with Gasteiger partial charge in [-0.15, -0.1) is 0 Å². The minimum absolute atomic E-state index is 0.249. The molecule has 0 unspecified atom stereocenters. The Morgan fingerprint density at radius 1 is 1.25 bits per heavy atom. The standard InChI is InChI=1S/C11H11FN2O2/c1-6-9(13-14-10(6)11(15)16)7-2-4-8(12)5-3-7/h2-5,11,15-16H,1H3,(H,13,14). The third-order valence-corrected chi connectivity index (χ3v) is 2.42. The molecule has 2 aromatic rings. The van der Waals surface area contributed by atoms with Crippen LogP contribution in [-0.2, 0) is 0 Å². The van der Waals surface area contributed by atoms with Gasteiger partial charge in [0.2, 0.25) is 0 Å². The number of aliphatic hydroxyl groups excluding tert-OH is 1. The van der Waals surface area contributed by atoms with Crippen LogP contribution in [0.4, 0.5) is 4.39 Å². The topological polar surface area (TPSA) is 69.1 Å². The monoisotopic (exact) mass is 222 g/mol. The molecule has 4 nitrogen and oxygen atoms in total. The van der Waals surface area contributed by atoms with Crippen molar-refractivity contribution in [3.05, 3.63) is 41.3 Å². The van der Waals surface area contributed by atoms with Crippen LogP contribution in [0.1, 0.15) is 17.5 Å². The molecule has 0 aliphatic heterocycles. The zero-order valence-corrected chi connectivity index (χ0v) is 8.61. The van der Waals surface area contributed by atoms with Gasteiger partial charge in [0.15, 0.2) is 6.29 Å². The van der Waals surface area contributed by atoms with Gasteiger partial charge in [-0.2, -0.15) is 5.10 Å². The summed E-state index contributed by atoms with van der Waals surface area (Å²) in [6.07, 6.45) is -1.58. The van der Waals surface area contributed by atoms with Crippen LogP contribution in [0.5, 0.6) is 0 Å². The van der Waals surface area contributed by atoms with Crippen LogP contribution in [0.3, 0.4) is 0 Å². The fourth-order valence-electron chi connectivity index (χ4n) is 1.55. The first-order valence-corrected chi connectivity index (χ1v) is 4.76. The molecule has 2 rings (SSSR count). The summed E-state index contributed by atoms with van der Waals surface area (Å²) in [7, 11) is 0. The molecule has 3 N–H and O–H groups in total. The summed E-state index contributed by atoms with van der Waals surface area (Å²) in [4.78, 5) is 0. The van der Waals surface area contributed by atoms with Gasteiger partial charge in [0.1, 0.15) is 5.82 Å². The van der Waals surface area contributed by atoms with Crippen LogP contribution in [0.15, 0.2) is 24.3 Å². The van der Waals surface area contributed by atoms with Crippen LogP contribution in [0, 0.1) is 12.7 Å². The molecule has 84 valence electrons. The molecule has 0 radical (unpaired) electrons. The van der Waals surface area contributed by atoms with E-state index in [1.54, 1.807) is 19.1 Å². The molecule has 1 heterocycles. The summed E-state index contributed by atoms with van der Waals surface area (Å²) in [6, 6.07) is 5.84. The normalized spacial score (nSPS) is 11.1. The quantitative estimate of drug-likeness (QED) is 0.674. The molecule has 0 aliphatic carbocycles. The second kappa shape index (κ2) is 4.03. The summed E-state index contributed by atoms with van der Waals surface area (Å²) in [6.45, 7) is 1.72. The van der Waals surface area contributed by atoms with E-state index in [-0.39, 0.29) is 11.5 Å². The maximum absolute atomic E-state index is 12.7. The number of benzene rings is 1. The number of aromatic amines is 1. The van der Waals surface area contributed by atoms with Crippen LogP contribution < -0.4 is 0 Å². The molecule has 1 aromatic heterocycles. The van der Waals surface area contributed by atoms with E-state index in [0.717, 1.165) is 5.56 Å². The molecular weight excluding hydrogens is 211 g/mol. The molecule has 0 spiro atoms. The molecule has 0 saturated heterocycles. The van der Waals surface area contributed by atoms with Gasteiger partial charge in [0, 0.05) is 11.1 Å². The Hall–Kier alpha value is -1.72. The molecule has 0 fully saturated rings. The minimum atomic E-state index is -1.58. The fourth-order valence-corrected chi connectivity index (χ4v) is 1.55. The molecule has 0 saturated carbocycles. The Kier molecular flexibility index (Phi) is 2.72. The zero-order valence-electron chi connectivity index (χ0n) is 8.61. The van der Waals surface area contributed by atoms with Crippen molar-refractivity contribution in [2.75, 3.05) is 0 Å². The van der Waals surface area contributed by atoms with E-state index < -0.39 is 6.29 Å². The minimum Gasteiger partial charge on any atom is -0.363 e. The number of aromatic nitrogens is 2. The average molecular weight is 222 g/mol. The Morgan fingerprint density at radius 3 is 2.38 bits per heavy atom. The summed E-state index contributed by atoms with van der Waals surface area (Å²) in [5, 5.41) is 24.6. The summed E-state index contributed by atoms with van der Waals surface area (Å²) in [5.74, 6) is -0.320. The van der Waals surface area contributed by atoms with E-state index in [4.69, 9.17) is 10.2 Å². The van der Waals surface area contributed by atoms with Gasteiger partial charge in [0.25, 0.3) is 0 Å². The molecule has 0 amide bonds. The molecule has 0 bridgehead atoms. The van der Waals surface area contributed by atoms with Crippen molar-refractivity contribution in [3.63, 3.8) is 0 Å². The van der Waals surface area contributed by atoms with Gasteiger partial charge in [-0.1, -0.05) is 0 Å². The van der Waals surface area contributed by atoms with Gasteiger partial charge < -0.3 is 10.2 Å². The first kappa shape index (κ1) is 10.8. The highest BCUT2D eigenvalue weighted by atomic mass is 19.1. The highest BCUT2D eigenvalue weighted by Crippen LogP contribution is 2.25. The number of aliphatic hydroxyl groups is 2. The zero-order chi connectivity index (χ0) is 11.7. The third-order valence-electron chi connectivity index (χ3n) is 2.42. The number of H-pyrrole nitrogens is 1. The summed E-state index contributed by atoms with van der Waals surface area (Å²) >= 11 is 0. The molecule has 0 aliphatic rings. The summed E-state index contributed by atoms with van der Waals surface area (Å²) < 4.78 is 12.7. The van der Waals surface area contributed by atoms with E-state index in [1.165, 1.54) is 12.1 Å². The van der Waals surface area contributed by atoms with Gasteiger partial charge >= 0.3 is 0 Å². The number of hydrogen-bond acceptors (Lipinski definition) is 3. The Morgan fingerprint density at radius 2 is 1.88 bits per heavy atom. The average Bonchev–Trinajstić information content (AvgIpc) is 2.61. The first-order chi connectivity index (χ1) is 7.59. The van der Waals surface area contributed by atoms with Gasteiger partial charge in [0.05, 0.1) is 11.4 Å². The highest BCUT2D eigenvalue weighted by Gasteiger charge is 2.15. The van der Waals surface area contributed by atoms with Gasteiger partial charge in [-0.05, 0) is 31.2 Å². The Labute approximate surface area is 91.4 Å². The van der Waals surface area contributed by atoms with E-state index >= 15 is 0 Å². The van der Waals surface area contributed by atoms with Crippen LogP contribution in [0.25, 0.3) is 11.3 Å². The van der Waals surface area contributed by atoms with Crippen molar-refractivity contribution < 1.29 is 14.6 Å². The van der Waals surface area contributed by atoms with Crippen molar-refractivity contribution in [3.8, 4) is 11.3 Å². The second-order valence-electron chi connectivity index (χ2n) is 3.49. The lowest BCUT2D eigenvalue weighted by atomic mass is 10.1. The summed E-state index contributed by atoms with van der Waals surface area (Å²) in [5.41, 5.74) is 2.20. The molecule has 16 heavy (non-hydrogen) atoms. The smallest absolute Gasteiger partial charge is 0.195 e. The van der Waals surface area contributed by atoms with Crippen molar-refractivity contribution in [1.82, 2.24) is 10.2 Å². The maximum Gasteiger partial charge on any atom is 0.195 e. The third kappa shape index (κ3) is 1.82. The lowest BCUT2D eigenvalue weighted by Gasteiger charge is -2.02. The SMILES string of the molecule is Cc1c(-c2ccc(F)cc2)n[nH]c1C(O)O. The predicted molar refractivity (Wildman–Crippen MR) is 55.9 cm³/mol. The van der Waals surface area contributed by atoms with Crippen LogP contribution in [-0.4, -0.2) is 20.4 Å². The van der Waals surface area contributed by atoms with E-state index in [0.29, 0.717) is 11.3 Å². The largest absolute Gasteiger partial charge is 0.363 e. The van der Waals surface area contributed by atoms with E-state index in [2.05, 4.69) is 10.2 Å². The molecular formula is C11H11FN2O2. The number of hydrogen-bond donors (Lipinski definition) is 3. The van der Waals surface area contributed by atoms with Crippen LogP contribution in [0.2, 0.25) is 0 Å². The maximum atomic E-state index is 12.7. The van der Waals surface area contributed by atoms with Gasteiger partial charge in [-0.3, -0.25) is 5.10 Å². The lowest BCUT2D eigenvalue weighted by molar-refractivity contribution is -0.0462. The lowest BCUT2D eigenvalue weighted by Crippen LogP contribution is -1.97.